The lowest BCUT2D eigenvalue weighted by Gasteiger charge is -2.17. The summed E-state index contributed by atoms with van der Waals surface area (Å²) in [5.74, 6) is -1.34. The van der Waals surface area contributed by atoms with Crippen LogP contribution >= 0.6 is 0 Å². The molecule has 1 saturated heterocycles. The minimum absolute atomic E-state index is 0.00618. The number of amides is 2. The molecule has 2 aliphatic rings. The maximum atomic E-state index is 12.8. The number of fused-ring (bicyclic) bond motifs is 1. The van der Waals surface area contributed by atoms with Crippen LogP contribution in [0.15, 0.2) is 60.8 Å². The van der Waals surface area contributed by atoms with Crippen molar-refractivity contribution in [1.29, 1.82) is 0 Å². The monoisotopic (exact) mass is 431 g/mol. The standard InChI is InChI=1S/C24H21N3O5/c28-22-20-9-8-16(13-21(20)23(29)26(22)14-19-7-4-12-31-19)24(30)32-15-17-10-11-27(25-17)18-5-2-1-3-6-18/h1-3,5-6,8-11,13,19H,4,7,12,14-15H2. The number of esters is 1. The molecular formula is C24H21N3O5. The van der Waals surface area contributed by atoms with Crippen LogP contribution in [-0.2, 0) is 16.1 Å². The normalized spacial score (nSPS) is 17.6. The second-order valence-corrected chi connectivity index (χ2v) is 7.78. The Hall–Kier alpha value is -3.78. The summed E-state index contributed by atoms with van der Waals surface area (Å²) in [7, 11) is 0. The van der Waals surface area contributed by atoms with Gasteiger partial charge in [-0.15, -0.1) is 0 Å². The molecule has 1 aromatic heterocycles. The van der Waals surface area contributed by atoms with Gasteiger partial charge in [0.2, 0.25) is 0 Å². The number of imide groups is 1. The van der Waals surface area contributed by atoms with E-state index in [2.05, 4.69) is 5.10 Å². The van der Waals surface area contributed by atoms with Gasteiger partial charge in [0.05, 0.1) is 35.0 Å². The van der Waals surface area contributed by atoms with Gasteiger partial charge in [0.15, 0.2) is 0 Å². The number of benzene rings is 2. The molecule has 0 saturated carbocycles. The van der Waals surface area contributed by atoms with Crippen LogP contribution in [-0.4, -0.2) is 51.7 Å². The van der Waals surface area contributed by atoms with E-state index < -0.39 is 11.9 Å². The van der Waals surface area contributed by atoms with Crippen LogP contribution in [0.3, 0.4) is 0 Å². The van der Waals surface area contributed by atoms with Gasteiger partial charge in [-0.1, -0.05) is 18.2 Å². The van der Waals surface area contributed by atoms with E-state index >= 15 is 0 Å². The molecule has 162 valence electrons. The summed E-state index contributed by atoms with van der Waals surface area (Å²) in [6.07, 6.45) is 3.41. The summed E-state index contributed by atoms with van der Waals surface area (Å²) in [5.41, 5.74) is 2.23. The highest BCUT2D eigenvalue weighted by Crippen LogP contribution is 2.26. The molecule has 2 aromatic carbocycles. The van der Waals surface area contributed by atoms with Gasteiger partial charge in [-0.3, -0.25) is 14.5 Å². The van der Waals surface area contributed by atoms with Gasteiger partial charge in [-0.25, -0.2) is 9.48 Å². The van der Waals surface area contributed by atoms with E-state index in [1.165, 1.54) is 23.1 Å². The summed E-state index contributed by atoms with van der Waals surface area (Å²) in [4.78, 5) is 39.2. The van der Waals surface area contributed by atoms with E-state index in [4.69, 9.17) is 9.47 Å². The fourth-order valence-electron chi connectivity index (χ4n) is 3.96. The lowest BCUT2D eigenvalue weighted by molar-refractivity contribution is 0.0465. The quantitative estimate of drug-likeness (QED) is 0.440. The third kappa shape index (κ3) is 3.80. The van der Waals surface area contributed by atoms with Crippen molar-refractivity contribution < 1.29 is 23.9 Å². The fraction of sp³-hybridized carbons (Fsp3) is 0.250. The highest BCUT2D eigenvalue weighted by atomic mass is 16.5. The van der Waals surface area contributed by atoms with E-state index in [1.807, 2.05) is 30.3 Å². The number of rotatable bonds is 6. The Morgan fingerprint density at radius 1 is 1.06 bits per heavy atom. The predicted octanol–water partition coefficient (Wildman–Crippen LogP) is 3.00. The molecule has 8 nitrogen and oxygen atoms in total. The van der Waals surface area contributed by atoms with E-state index in [-0.39, 0.29) is 36.3 Å². The second-order valence-electron chi connectivity index (χ2n) is 7.78. The first-order valence-electron chi connectivity index (χ1n) is 10.5. The number of nitrogens with zero attached hydrogens (tertiary/aromatic N) is 3. The molecule has 3 aromatic rings. The number of carbonyl (C=O) groups excluding carboxylic acids is 3. The predicted molar refractivity (Wildman–Crippen MR) is 113 cm³/mol. The molecule has 8 heteroatoms. The molecular weight excluding hydrogens is 410 g/mol. The topological polar surface area (TPSA) is 90.7 Å². The minimum atomic E-state index is -0.583. The molecule has 1 unspecified atom stereocenters. The molecule has 0 radical (unpaired) electrons. The van der Waals surface area contributed by atoms with Crippen LogP contribution in [0.1, 0.15) is 49.6 Å². The summed E-state index contributed by atoms with van der Waals surface area (Å²) < 4.78 is 12.6. The van der Waals surface area contributed by atoms with Crippen molar-refractivity contribution in [3.63, 3.8) is 0 Å². The fourth-order valence-corrected chi connectivity index (χ4v) is 3.96. The van der Waals surface area contributed by atoms with Gasteiger partial charge >= 0.3 is 5.97 Å². The summed E-state index contributed by atoms with van der Waals surface area (Å²) >= 11 is 0. The molecule has 2 amide bonds. The van der Waals surface area contributed by atoms with Gasteiger partial charge in [-0.2, -0.15) is 5.10 Å². The zero-order valence-corrected chi connectivity index (χ0v) is 17.3. The van der Waals surface area contributed by atoms with E-state index in [0.29, 0.717) is 17.9 Å². The molecule has 1 atom stereocenters. The maximum Gasteiger partial charge on any atom is 0.338 e. The van der Waals surface area contributed by atoms with Crippen LogP contribution < -0.4 is 0 Å². The lowest BCUT2D eigenvalue weighted by atomic mass is 10.1. The summed E-state index contributed by atoms with van der Waals surface area (Å²) in [5, 5.41) is 4.41. The first-order valence-corrected chi connectivity index (χ1v) is 10.5. The Balaban J connectivity index is 1.25. The third-order valence-electron chi connectivity index (χ3n) is 5.63. The van der Waals surface area contributed by atoms with Crippen molar-refractivity contribution in [2.24, 2.45) is 0 Å². The molecule has 0 aliphatic carbocycles. The Kier molecular flexibility index (Phi) is 5.28. The first kappa shape index (κ1) is 20.1. The number of carbonyl (C=O) groups is 3. The van der Waals surface area contributed by atoms with Gasteiger partial charge in [-0.05, 0) is 49.2 Å². The van der Waals surface area contributed by atoms with Crippen LogP contribution in [0, 0.1) is 0 Å². The lowest BCUT2D eigenvalue weighted by Crippen LogP contribution is -2.36. The van der Waals surface area contributed by atoms with Crippen LogP contribution in [0.5, 0.6) is 0 Å². The van der Waals surface area contributed by atoms with E-state index in [0.717, 1.165) is 18.5 Å². The van der Waals surface area contributed by atoms with E-state index in [9.17, 15) is 14.4 Å². The summed E-state index contributed by atoms with van der Waals surface area (Å²) in [6.45, 7) is 0.872. The number of para-hydroxylation sites is 1. The van der Waals surface area contributed by atoms with Gasteiger partial charge < -0.3 is 9.47 Å². The highest BCUT2D eigenvalue weighted by molar-refractivity contribution is 6.22. The number of ether oxygens (including phenoxy) is 2. The third-order valence-corrected chi connectivity index (χ3v) is 5.63. The molecule has 5 rings (SSSR count). The Morgan fingerprint density at radius 3 is 2.66 bits per heavy atom. The number of hydrogen-bond acceptors (Lipinski definition) is 6. The Labute approximate surface area is 184 Å². The average molecular weight is 431 g/mol. The molecule has 0 N–H and O–H groups in total. The minimum Gasteiger partial charge on any atom is -0.456 e. The number of hydrogen-bond donors (Lipinski definition) is 0. The maximum absolute atomic E-state index is 12.8. The first-order chi connectivity index (χ1) is 15.6. The van der Waals surface area contributed by atoms with Gasteiger partial charge in [0.1, 0.15) is 12.3 Å². The van der Waals surface area contributed by atoms with Crippen LogP contribution in [0.4, 0.5) is 0 Å². The van der Waals surface area contributed by atoms with Gasteiger partial charge in [0, 0.05) is 12.8 Å². The molecule has 3 heterocycles. The molecule has 0 bridgehead atoms. The van der Waals surface area contributed by atoms with Crippen LogP contribution in [0.2, 0.25) is 0 Å². The van der Waals surface area contributed by atoms with Crippen molar-refractivity contribution in [3.05, 3.63) is 83.2 Å². The summed E-state index contributed by atoms with van der Waals surface area (Å²) in [6, 6.07) is 15.8. The van der Waals surface area contributed by atoms with Crippen molar-refractivity contribution in [3.8, 4) is 5.69 Å². The Bertz CT molecular complexity index is 1180. The van der Waals surface area contributed by atoms with Crippen molar-refractivity contribution in [1.82, 2.24) is 14.7 Å². The zero-order chi connectivity index (χ0) is 22.1. The molecule has 1 fully saturated rings. The number of aromatic nitrogens is 2. The van der Waals surface area contributed by atoms with Crippen LogP contribution in [0.25, 0.3) is 5.69 Å². The average Bonchev–Trinajstić information content (AvgIpc) is 3.56. The van der Waals surface area contributed by atoms with Crippen molar-refractivity contribution >= 4 is 17.8 Å². The molecule has 0 spiro atoms. The highest BCUT2D eigenvalue weighted by Gasteiger charge is 2.38. The Morgan fingerprint density at radius 2 is 1.88 bits per heavy atom. The van der Waals surface area contributed by atoms with E-state index in [1.54, 1.807) is 16.9 Å². The van der Waals surface area contributed by atoms with Gasteiger partial charge in [0.25, 0.3) is 11.8 Å². The molecule has 2 aliphatic heterocycles. The second kappa shape index (κ2) is 8.39. The van der Waals surface area contributed by atoms with Crippen molar-refractivity contribution in [2.45, 2.75) is 25.6 Å². The largest absolute Gasteiger partial charge is 0.456 e. The smallest absolute Gasteiger partial charge is 0.338 e. The zero-order valence-electron chi connectivity index (χ0n) is 17.3. The molecule has 32 heavy (non-hydrogen) atoms. The van der Waals surface area contributed by atoms with Crippen molar-refractivity contribution in [2.75, 3.05) is 13.2 Å². The SMILES string of the molecule is O=C(OCc1ccn(-c2ccccc2)n1)c1ccc2c(c1)C(=O)N(CC1CCCO1)C2=O.